The summed E-state index contributed by atoms with van der Waals surface area (Å²) in [5.74, 6) is 0.358. The Morgan fingerprint density at radius 1 is 1.21 bits per heavy atom. The van der Waals surface area contributed by atoms with Crippen LogP contribution in [0.3, 0.4) is 0 Å². The lowest BCUT2D eigenvalue weighted by molar-refractivity contribution is -0.143. The summed E-state index contributed by atoms with van der Waals surface area (Å²) in [5, 5.41) is 2.96. The van der Waals surface area contributed by atoms with Crippen molar-refractivity contribution in [3.8, 4) is 0 Å². The molecule has 0 spiro atoms. The molecular weight excluding hydrogens is 374 g/mol. The SMILES string of the molecule is CCOC(=O)CCCCCNC(=O)N1CCC(N2C(=O)OCC2CC(C)C)CC1. The number of rotatable bonds is 10. The first kappa shape index (κ1) is 23.3. The lowest BCUT2D eigenvalue weighted by atomic mass is 9.98. The third-order valence-electron chi connectivity index (χ3n) is 5.53. The minimum atomic E-state index is -0.207. The highest BCUT2D eigenvalue weighted by Gasteiger charge is 2.39. The van der Waals surface area contributed by atoms with Gasteiger partial charge in [-0.1, -0.05) is 20.3 Å². The molecule has 2 aliphatic rings. The Hall–Kier alpha value is -1.99. The van der Waals surface area contributed by atoms with Crippen LogP contribution in [0.15, 0.2) is 0 Å². The molecule has 1 unspecified atom stereocenters. The number of nitrogens with zero attached hydrogens (tertiary/aromatic N) is 2. The summed E-state index contributed by atoms with van der Waals surface area (Å²) >= 11 is 0. The fourth-order valence-electron chi connectivity index (χ4n) is 4.10. The summed E-state index contributed by atoms with van der Waals surface area (Å²) in [6.45, 7) is 8.93. The zero-order valence-electron chi connectivity index (χ0n) is 18.2. The van der Waals surface area contributed by atoms with Crippen LogP contribution in [-0.4, -0.2) is 72.8 Å². The molecule has 1 atom stereocenters. The minimum absolute atomic E-state index is 0.0448. The molecule has 2 aliphatic heterocycles. The molecule has 0 radical (unpaired) electrons. The number of esters is 1. The molecule has 166 valence electrons. The van der Waals surface area contributed by atoms with Gasteiger partial charge in [0.2, 0.25) is 0 Å². The highest BCUT2D eigenvalue weighted by molar-refractivity contribution is 5.74. The summed E-state index contributed by atoms with van der Waals surface area (Å²) in [5.41, 5.74) is 0. The monoisotopic (exact) mass is 411 g/mol. The number of hydrogen-bond donors (Lipinski definition) is 1. The molecule has 2 fully saturated rings. The fourth-order valence-corrected chi connectivity index (χ4v) is 4.10. The standard InChI is InChI=1S/C21H37N3O5/c1-4-28-19(25)8-6-5-7-11-22-20(26)23-12-9-17(10-13-23)24-18(14-16(2)3)15-29-21(24)27/h16-18H,4-15H2,1-3H3,(H,22,26). The van der Waals surface area contributed by atoms with E-state index in [2.05, 4.69) is 19.2 Å². The van der Waals surface area contributed by atoms with Gasteiger partial charge in [0.25, 0.3) is 0 Å². The third-order valence-corrected chi connectivity index (χ3v) is 5.53. The number of amides is 3. The van der Waals surface area contributed by atoms with Crippen molar-refractivity contribution in [2.24, 2.45) is 5.92 Å². The Balaban J connectivity index is 1.63. The summed E-state index contributed by atoms with van der Waals surface area (Å²) in [7, 11) is 0. The van der Waals surface area contributed by atoms with Crippen LogP contribution in [0.2, 0.25) is 0 Å². The summed E-state index contributed by atoms with van der Waals surface area (Å²) < 4.78 is 10.2. The first-order valence-electron chi connectivity index (χ1n) is 11.1. The molecule has 2 saturated heterocycles. The van der Waals surface area contributed by atoms with Gasteiger partial charge in [0.1, 0.15) is 6.61 Å². The number of carbonyl (C=O) groups excluding carboxylic acids is 3. The van der Waals surface area contributed by atoms with Crippen LogP contribution in [0.4, 0.5) is 9.59 Å². The van der Waals surface area contributed by atoms with Crippen LogP contribution >= 0.6 is 0 Å². The molecule has 0 aromatic carbocycles. The average Bonchev–Trinajstić information content (AvgIpc) is 3.04. The fraction of sp³-hybridized carbons (Fsp3) is 0.857. The topological polar surface area (TPSA) is 88.2 Å². The summed E-state index contributed by atoms with van der Waals surface area (Å²) in [6.07, 6.45) is 5.26. The van der Waals surface area contributed by atoms with Gasteiger partial charge in [0, 0.05) is 32.1 Å². The quantitative estimate of drug-likeness (QED) is 0.441. The number of unbranched alkanes of at least 4 members (excludes halogenated alkanes) is 2. The number of hydrogen-bond acceptors (Lipinski definition) is 5. The van der Waals surface area contributed by atoms with Crippen LogP contribution in [0.1, 0.15) is 65.7 Å². The molecule has 0 aliphatic carbocycles. The van der Waals surface area contributed by atoms with Crippen LogP contribution in [0.5, 0.6) is 0 Å². The third kappa shape index (κ3) is 7.40. The van der Waals surface area contributed by atoms with E-state index >= 15 is 0 Å². The van der Waals surface area contributed by atoms with Crippen LogP contribution in [0.25, 0.3) is 0 Å². The largest absolute Gasteiger partial charge is 0.466 e. The van der Waals surface area contributed by atoms with Gasteiger partial charge in [-0.25, -0.2) is 9.59 Å². The second kappa shape index (κ2) is 11.9. The van der Waals surface area contributed by atoms with Gasteiger partial charge in [-0.05, 0) is 44.9 Å². The number of ether oxygens (including phenoxy) is 2. The van der Waals surface area contributed by atoms with Crippen molar-refractivity contribution >= 4 is 18.1 Å². The van der Waals surface area contributed by atoms with Crippen molar-refractivity contribution in [1.82, 2.24) is 15.1 Å². The van der Waals surface area contributed by atoms with Gasteiger partial charge in [0.05, 0.1) is 12.6 Å². The maximum atomic E-state index is 12.4. The summed E-state index contributed by atoms with van der Waals surface area (Å²) in [4.78, 5) is 39.5. The molecule has 1 N–H and O–H groups in total. The van der Waals surface area contributed by atoms with E-state index in [1.165, 1.54) is 0 Å². The molecular formula is C21H37N3O5. The molecule has 0 bridgehead atoms. The maximum Gasteiger partial charge on any atom is 0.410 e. The number of urea groups is 1. The van der Waals surface area contributed by atoms with Gasteiger partial charge in [-0.15, -0.1) is 0 Å². The van der Waals surface area contributed by atoms with Crippen molar-refractivity contribution in [2.45, 2.75) is 77.8 Å². The smallest absolute Gasteiger partial charge is 0.410 e. The highest BCUT2D eigenvalue weighted by Crippen LogP contribution is 2.27. The number of cyclic esters (lactones) is 1. The highest BCUT2D eigenvalue weighted by atomic mass is 16.6. The van der Waals surface area contributed by atoms with E-state index in [-0.39, 0.29) is 30.2 Å². The number of likely N-dealkylation sites (tertiary alicyclic amines) is 1. The van der Waals surface area contributed by atoms with E-state index in [1.807, 2.05) is 9.80 Å². The molecule has 0 saturated carbocycles. The normalized spacial score (nSPS) is 20.1. The van der Waals surface area contributed by atoms with Crippen molar-refractivity contribution < 1.29 is 23.9 Å². The molecule has 2 heterocycles. The Bertz CT molecular complexity index is 546. The van der Waals surface area contributed by atoms with Crippen molar-refractivity contribution in [3.05, 3.63) is 0 Å². The zero-order chi connectivity index (χ0) is 21.2. The predicted molar refractivity (Wildman–Crippen MR) is 110 cm³/mol. The van der Waals surface area contributed by atoms with Gasteiger partial charge in [-0.2, -0.15) is 0 Å². The zero-order valence-corrected chi connectivity index (χ0v) is 18.2. The second-order valence-electron chi connectivity index (χ2n) is 8.33. The molecule has 0 aromatic heterocycles. The molecule has 2 rings (SSSR count). The second-order valence-corrected chi connectivity index (χ2v) is 8.33. The van der Waals surface area contributed by atoms with Crippen molar-refractivity contribution in [1.29, 1.82) is 0 Å². The van der Waals surface area contributed by atoms with Gasteiger partial charge < -0.3 is 19.7 Å². The van der Waals surface area contributed by atoms with E-state index in [0.29, 0.717) is 45.2 Å². The number of piperidine rings is 1. The number of nitrogens with one attached hydrogen (secondary N) is 1. The van der Waals surface area contributed by atoms with E-state index < -0.39 is 0 Å². The maximum absolute atomic E-state index is 12.4. The van der Waals surface area contributed by atoms with E-state index in [9.17, 15) is 14.4 Å². The molecule has 3 amide bonds. The van der Waals surface area contributed by atoms with Crippen molar-refractivity contribution in [3.63, 3.8) is 0 Å². The molecule has 0 aromatic rings. The number of carbonyl (C=O) groups is 3. The van der Waals surface area contributed by atoms with Crippen LogP contribution < -0.4 is 5.32 Å². The van der Waals surface area contributed by atoms with E-state index in [4.69, 9.17) is 9.47 Å². The minimum Gasteiger partial charge on any atom is -0.466 e. The van der Waals surface area contributed by atoms with Crippen LogP contribution in [0, 0.1) is 5.92 Å². The average molecular weight is 412 g/mol. The van der Waals surface area contributed by atoms with Gasteiger partial charge >= 0.3 is 18.1 Å². The van der Waals surface area contributed by atoms with Gasteiger partial charge in [0.15, 0.2) is 0 Å². The summed E-state index contributed by atoms with van der Waals surface area (Å²) in [6, 6.07) is 0.264. The molecule has 8 heteroatoms. The molecule has 8 nitrogen and oxygen atoms in total. The lowest BCUT2D eigenvalue weighted by Gasteiger charge is -2.38. The first-order chi connectivity index (χ1) is 13.9. The first-order valence-corrected chi connectivity index (χ1v) is 11.1. The van der Waals surface area contributed by atoms with E-state index in [0.717, 1.165) is 38.5 Å². The Morgan fingerprint density at radius 3 is 2.59 bits per heavy atom. The lowest BCUT2D eigenvalue weighted by Crippen LogP contribution is -2.51. The van der Waals surface area contributed by atoms with E-state index in [1.54, 1.807) is 6.92 Å². The van der Waals surface area contributed by atoms with Crippen LogP contribution in [-0.2, 0) is 14.3 Å². The van der Waals surface area contributed by atoms with Gasteiger partial charge in [-0.3, -0.25) is 9.69 Å². The van der Waals surface area contributed by atoms with Crippen molar-refractivity contribution in [2.75, 3.05) is 32.8 Å². The Kier molecular flexibility index (Phi) is 9.54. The predicted octanol–water partition coefficient (Wildman–Crippen LogP) is 3.15. The molecule has 29 heavy (non-hydrogen) atoms. The Morgan fingerprint density at radius 2 is 1.93 bits per heavy atom. The Labute approximate surface area is 174 Å².